The van der Waals surface area contributed by atoms with Crippen LogP contribution in [0, 0.1) is 13.8 Å². The average molecular weight is 325 g/mol. The summed E-state index contributed by atoms with van der Waals surface area (Å²) in [5.74, 6) is 0.786. The first-order valence-electron chi connectivity index (χ1n) is 8.00. The van der Waals surface area contributed by atoms with Crippen LogP contribution in [0.1, 0.15) is 43.2 Å². The summed E-state index contributed by atoms with van der Waals surface area (Å²) in [7, 11) is 0. The minimum Gasteiger partial charge on any atom is -0.492 e. The molecule has 1 aromatic carbocycles. The van der Waals surface area contributed by atoms with Gasteiger partial charge in [0.05, 0.1) is 6.54 Å². The molecule has 0 aliphatic heterocycles. The molecule has 1 aromatic rings. The largest absolute Gasteiger partial charge is 0.492 e. The number of hydrogen-bond acceptors (Lipinski definition) is 2. The minimum absolute atomic E-state index is 0.0982. The summed E-state index contributed by atoms with van der Waals surface area (Å²) in [6.45, 7) is 4.84. The zero-order chi connectivity index (χ0) is 15.9. The summed E-state index contributed by atoms with van der Waals surface area (Å²) >= 11 is 6.12. The molecule has 1 aliphatic rings. The first kappa shape index (κ1) is 16.9. The SMILES string of the molecule is Cc1cc(OCCNC(=O)NC2CCCCC2)cc(C)c1Cl. The molecule has 0 heterocycles. The number of halogens is 1. The zero-order valence-corrected chi connectivity index (χ0v) is 14.1. The van der Waals surface area contributed by atoms with E-state index in [0.717, 1.165) is 34.7 Å². The molecule has 0 bridgehead atoms. The maximum atomic E-state index is 11.8. The van der Waals surface area contributed by atoms with Gasteiger partial charge in [-0.15, -0.1) is 0 Å². The molecule has 2 rings (SSSR count). The minimum atomic E-state index is -0.0982. The van der Waals surface area contributed by atoms with Crippen molar-refractivity contribution in [3.63, 3.8) is 0 Å². The second-order valence-electron chi connectivity index (χ2n) is 5.95. The summed E-state index contributed by atoms with van der Waals surface area (Å²) in [5, 5.41) is 6.64. The molecule has 0 spiro atoms. The summed E-state index contributed by atoms with van der Waals surface area (Å²) in [6, 6.07) is 4.06. The number of hydrogen-bond donors (Lipinski definition) is 2. The van der Waals surface area contributed by atoms with E-state index in [1.165, 1.54) is 19.3 Å². The van der Waals surface area contributed by atoms with Gasteiger partial charge in [-0.05, 0) is 49.9 Å². The van der Waals surface area contributed by atoms with E-state index in [2.05, 4.69) is 10.6 Å². The third-order valence-corrected chi connectivity index (χ3v) is 4.60. The van der Waals surface area contributed by atoms with Crippen molar-refractivity contribution in [2.24, 2.45) is 0 Å². The van der Waals surface area contributed by atoms with Crippen LogP contribution in [0.3, 0.4) is 0 Å². The molecule has 2 amide bonds. The van der Waals surface area contributed by atoms with Gasteiger partial charge in [-0.25, -0.2) is 4.79 Å². The maximum Gasteiger partial charge on any atom is 0.315 e. The number of rotatable bonds is 5. The molecule has 1 aliphatic carbocycles. The van der Waals surface area contributed by atoms with Crippen LogP contribution >= 0.6 is 11.6 Å². The summed E-state index contributed by atoms with van der Waals surface area (Å²) in [6.07, 6.45) is 5.89. The fraction of sp³-hybridized carbons (Fsp3) is 0.588. The number of ether oxygens (including phenoxy) is 1. The molecule has 22 heavy (non-hydrogen) atoms. The Bertz CT molecular complexity index is 490. The van der Waals surface area contributed by atoms with Crippen LogP contribution in [0.2, 0.25) is 5.02 Å². The van der Waals surface area contributed by atoms with Gasteiger partial charge in [0.1, 0.15) is 12.4 Å². The third-order valence-electron chi connectivity index (χ3n) is 4.01. The number of aryl methyl sites for hydroxylation is 2. The fourth-order valence-electron chi connectivity index (χ4n) is 2.81. The van der Waals surface area contributed by atoms with E-state index in [-0.39, 0.29) is 6.03 Å². The lowest BCUT2D eigenvalue weighted by Crippen LogP contribution is -2.44. The smallest absolute Gasteiger partial charge is 0.315 e. The summed E-state index contributed by atoms with van der Waals surface area (Å²) in [5.41, 5.74) is 2.00. The highest BCUT2D eigenvalue weighted by Gasteiger charge is 2.15. The Kier molecular flexibility index (Phi) is 6.37. The van der Waals surface area contributed by atoms with Gasteiger partial charge in [0.25, 0.3) is 0 Å². The van der Waals surface area contributed by atoms with Crippen LogP contribution in [0.25, 0.3) is 0 Å². The fourth-order valence-corrected chi connectivity index (χ4v) is 2.92. The average Bonchev–Trinajstić information content (AvgIpc) is 2.50. The second kappa shape index (κ2) is 8.28. The quantitative estimate of drug-likeness (QED) is 0.805. The molecule has 2 N–H and O–H groups in total. The van der Waals surface area contributed by atoms with Gasteiger partial charge in [-0.3, -0.25) is 0 Å². The van der Waals surface area contributed by atoms with E-state index < -0.39 is 0 Å². The molecule has 4 nitrogen and oxygen atoms in total. The van der Waals surface area contributed by atoms with Gasteiger partial charge in [0, 0.05) is 11.1 Å². The number of benzene rings is 1. The standard InChI is InChI=1S/C17H25ClN2O2/c1-12-10-15(11-13(2)16(12)18)22-9-8-19-17(21)20-14-6-4-3-5-7-14/h10-11,14H,3-9H2,1-2H3,(H2,19,20,21). The zero-order valence-electron chi connectivity index (χ0n) is 13.4. The van der Waals surface area contributed by atoms with Gasteiger partial charge in [0.15, 0.2) is 0 Å². The molecule has 1 fully saturated rings. The van der Waals surface area contributed by atoms with Gasteiger partial charge >= 0.3 is 6.03 Å². The predicted octanol–water partition coefficient (Wildman–Crippen LogP) is 3.97. The Morgan fingerprint density at radius 1 is 1.23 bits per heavy atom. The molecule has 0 unspecified atom stereocenters. The topological polar surface area (TPSA) is 50.4 Å². The molecule has 0 aromatic heterocycles. The van der Waals surface area contributed by atoms with Crippen molar-refractivity contribution >= 4 is 17.6 Å². The number of urea groups is 1. The first-order chi connectivity index (χ1) is 10.6. The normalized spacial score (nSPS) is 15.4. The Morgan fingerprint density at radius 3 is 2.50 bits per heavy atom. The van der Waals surface area contributed by atoms with Crippen LogP contribution < -0.4 is 15.4 Å². The van der Waals surface area contributed by atoms with Crippen molar-refractivity contribution in [2.45, 2.75) is 52.0 Å². The highest BCUT2D eigenvalue weighted by Crippen LogP contribution is 2.25. The van der Waals surface area contributed by atoms with E-state index >= 15 is 0 Å². The molecule has 0 saturated heterocycles. The molecule has 0 radical (unpaired) electrons. The second-order valence-corrected chi connectivity index (χ2v) is 6.33. The van der Waals surface area contributed by atoms with Gasteiger partial charge < -0.3 is 15.4 Å². The van der Waals surface area contributed by atoms with Crippen LogP contribution in [-0.2, 0) is 0 Å². The van der Waals surface area contributed by atoms with Crippen LogP contribution in [0.15, 0.2) is 12.1 Å². The number of carbonyl (C=O) groups is 1. The summed E-state index contributed by atoms with van der Waals surface area (Å²) < 4.78 is 5.66. The van der Waals surface area contributed by atoms with E-state index in [1.807, 2.05) is 26.0 Å². The Morgan fingerprint density at radius 2 is 1.86 bits per heavy atom. The Labute approximate surface area is 137 Å². The predicted molar refractivity (Wildman–Crippen MR) is 89.8 cm³/mol. The van der Waals surface area contributed by atoms with E-state index in [1.54, 1.807) is 0 Å². The van der Waals surface area contributed by atoms with Crippen LogP contribution in [0.5, 0.6) is 5.75 Å². The first-order valence-corrected chi connectivity index (χ1v) is 8.38. The highest BCUT2D eigenvalue weighted by atomic mass is 35.5. The van der Waals surface area contributed by atoms with Gasteiger partial charge in [-0.2, -0.15) is 0 Å². The molecular formula is C17H25ClN2O2. The maximum absolute atomic E-state index is 11.8. The summed E-state index contributed by atoms with van der Waals surface area (Å²) in [4.78, 5) is 11.8. The molecule has 5 heteroatoms. The van der Waals surface area contributed by atoms with E-state index in [9.17, 15) is 4.79 Å². The number of nitrogens with one attached hydrogen (secondary N) is 2. The lowest BCUT2D eigenvalue weighted by Gasteiger charge is -2.22. The van der Waals surface area contributed by atoms with Crippen molar-refractivity contribution in [2.75, 3.05) is 13.2 Å². The monoisotopic (exact) mass is 324 g/mol. The number of amides is 2. The lowest BCUT2D eigenvalue weighted by molar-refractivity contribution is 0.228. The van der Waals surface area contributed by atoms with Crippen molar-refractivity contribution in [3.8, 4) is 5.75 Å². The van der Waals surface area contributed by atoms with Crippen molar-refractivity contribution in [3.05, 3.63) is 28.3 Å². The molecule has 1 saturated carbocycles. The van der Waals surface area contributed by atoms with Crippen LogP contribution in [-0.4, -0.2) is 25.2 Å². The van der Waals surface area contributed by atoms with Crippen molar-refractivity contribution in [1.82, 2.24) is 10.6 Å². The van der Waals surface area contributed by atoms with Crippen molar-refractivity contribution in [1.29, 1.82) is 0 Å². The lowest BCUT2D eigenvalue weighted by atomic mass is 9.96. The van der Waals surface area contributed by atoms with Gasteiger partial charge in [-0.1, -0.05) is 30.9 Å². The Balaban J connectivity index is 1.67. The van der Waals surface area contributed by atoms with Gasteiger partial charge in [0.2, 0.25) is 0 Å². The highest BCUT2D eigenvalue weighted by molar-refractivity contribution is 6.32. The van der Waals surface area contributed by atoms with Crippen molar-refractivity contribution < 1.29 is 9.53 Å². The van der Waals surface area contributed by atoms with E-state index in [4.69, 9.17) is 16.3 Å². The molecule has 0 atom stereocenters. The van der Waals surface area contributed by atoms with Crippen LogP contribution in [0.4, 0.5) is 4.79 Å². The molecular weight excluding hydrogens is 300 g/mol. The Hall–Kier alpha value is -1.42. The number of carbonyl (C=O) groups excluding carboxylic acids is 1. The van der Waals surface area contributed by atoms with E-state index in [0.29, 0.717) is 19.2 Å². The molecule has 122 valence electrons. The third kappa shape index (κ3) is 5.09.